The normalized spacial score (nSPS) is 19.6. The molecule has 2 fully saturated rings. The lowest BCUT2D eigenvalue weighted by molar-refractivity contribution is -0.135. The number of nitrogens with zero attached hydrogens (tertiary/aromatic N) is 1. The molecule has 5 atom stereocenters. The summed E-state index contributed by atoms with van der Waals surface area (Å²) in [6.45, 7) is 12.3. The van der Waals surface area contributed by atoms with E-state index in [1.807, 2.05) is 93.3 Å². The van der Waals surface area contributed by atoms with Gasteiger partial charge in [-0.25, -0.2) is 0 Å². The number of ketones is 1. The van der Waals surface area contributed by atoms with E-state index in [1.165, 1.54) is 0 Å². The van der Waals surface area contributed by atoms with E-state index < -0.39 is 47.5 Å². The van der Waals surface area contributed by atoms with Crippen molar-refractivity contribution in [3.05, 3.63) is 71.8 Å². The van der Waals surface area contributed by atoms with Crippen molar-refractivity contribution in [3.8, 4) is 0 Å². The molecular formula is C40H57N5O7. The van der Waals surface area contributed by atoms with Crippen molar-refractivity contribution in [1.82, 2.24) is 26.2 Å². The van der Waals surface area contributed by atoms with Crippen LogP contribution in [0.5, 0.6) is 0 Å². The van der Waals surface area contributed by atoms with Gasteiger partial charge < -0.3 is 30.7 Å². The highest BCUT2D eigenvalue weighted by Crippen LogP contribution is 2.29. The van der Waals surface area contributed by atoms with E-state index in [1.54, 1.807) is 6.92 Å². The largest absolute Gasteiger partial charge is 0.379 e. The summed E-state index contributed by atoms with van der Waals surface area (Å²) in [4.78, 5) is 70.5. The second kappa shape index (κ2) is 19.6. The van der Waals surface area contributed by atoms with Gasteiger partial charge >= 0.3 is 0 Å². The Morgan fingerprint density at radius 2 is 1.19 bits per heavy atom. The molecule has 4 amide bonds. The van der Waals surface area contributed by atoms with Crippen LogP contribution in [0.3, 0.4) is 0 Å². The molecule has 2 aliphatic rings. The number of amides is 4. The molecule has 2 aromatic carbocycles. The number of ether oxygens (including phenoxy) is 2. The zero-order valence-corrected chi connectivity index (χ0v) is 31.3. The number of rotatable bonds is 20. The van der Waals surface area contributed by atoms with Crippen LogP contribution in [-0.4, -0.2) is 104 Å². The van der Waals surface area contributed by atoms with E-state index in [0.29, 0.717) is 58.6 Å². The van der Waals surface area contributed by atoms with E-state index in [0.717, 1.165) is 11.1 Å². The molecular weight excluding hydrogens is 662 g/mol. The zero-order chi connectivity index (χ0) is 37.7. The summed E-state index contributed by atoms with van der Waals surface area (Å²) in [6, 6.07) is 15.3. The Morgan fingerprint density at radius 3 is 1.77 bits per heavy atom. The van der Waals surface area contributed by atoms with Crippen LogP contribution in [0, 0.1) is 11.8 Å². The first-order valence-corrected chi connectivity index (χ1v) is 18.6. The van der Waals surface area contributed by atoms with E-state index in [-0.39, 0.29) is 36.5 Å². The molecule has 12 heteroatoms. The van der Waals surface area contributed by atoms with E-state index >= 15 is 0 Å². The standard InChI is InChI=1S/C40H57N5O7/c1-27(2)22-32(36(47)40(5)26-52-40)42-39(50)34(24-30-14-10-7-11-15-30)44-38(49)33(23-28(3)4)43-37(48)31(17-16-29-12-8-6-9-13-29)41-35(46)25-45-18-20-51-21-19-45/h6-15,27-28,31-34H,16-26H2,1-5H3,(H,41,46)(H,42,50)(H,43,48)(H,44,49)/t31-,32-,33-,34+,40+/m1/s1. The van der Waals surface area contributed by atoms with Crippen molar-refractivity contribution in [3.63, 3.8) is 0 Å². The molecule has 2 aliphatic heterocycles. The molecule has 2 saturated heterocycles. The Kier molecular flexibility index (Phi) is 15.3. The van der Waals surface area contributed by atoms with Crippen LogP contribution < -0.4 is 21.3 Å². The molecule has 0 spiro atoms. The summed E-state index contributed by atoms with van der Waals surface area (Å²) in [5.41, 5.74) is 0.915. The summed E-state index contributed by atoms with van der Waals surface area (Å²) in [6.07, 6.45) is 1.76. The lowest BCUT2D eigenvalue weighted by Crippen LogP contribution is -2.59. The zero-order valence-electron chi connectivity index (χ0n) is 31.3. The van der Waals surface area contributed by atoms with Gasteiger partial charge in [-0.2, -0.15) is 0 Å². The predicted molar refractivity (Wildman–Crippen MR) is 198 cm³/mol. The maximum atomic E-state index is 14.1. The van der Waals surface area contributed by atoms with Gasteiger partial charge in [0.25, 0.3) is 0 Å². The number of hydrogen-bond acceptors (Lipinski definition) is 8. The number of aryl methyl sites for hydroxylation is 1. The predicted octanol–water partition coefficient (Wildman–Crippen LogP) is 2.58. The van der Waals surface area contributed by atoms with Crippen molar-refractivity contribution in [1.29, 1.82) is 0 Å². The smallest absolute Gasteiger partial charge is 0.243 e. The van der Waals surface area contributed by atoms with Crippen molar-refractivity contribution >= 4 is 29.4 Å². The summed E-state index contributed by atoms with van der Waals surface area (Å²) in [7, 11) is 0. The highest BCUT2D eigenvalue weighted by molar-refractivity contribution is 5.98. The molecule has 0 aromatic heterocycles. The van der Waals surface area contributed by atoms with Crippen molar-refractivity contribution in [2.45, 2.75) is 96.5 Å². The highest BCUT2D eigenvalue weighted by atomic mass is 16.6. The summed E-state index contributed by atoms with van der Waals surface area (Å²) in [5, 5.41) is 11.7. The number of benzene rings is 2. The Balaban J connectivity index is 1.51. The van der Waals surface area contributed by atoms with Crippen LogP contribution in [0.4, 0.5) is 0 Å². The summed E-state index contributed by atoms with van der Waals surface area (Å²) >= 11 is 0. The molecule has 0 unspecified atom stereocenters. The number of nitrogens with one attached hydrogen (secondary N) is 4. The molecule has 2 aromatic rings. The maximum absolute atomic E-state index is 14.1. The lowest BCUT2D eigenvalue weighted by Gasteiger charge is -2.29. The van der Waals surface area contributed by atoms with Gasteiger partial charge in [-0.1, -0.05) is 88.4 Å². The number of Topliss-reactive ketones (excluding diaryl/α,β-unsaturated/α-hetero) is 1. The number of carbonyl (C=O) groups excluding carboxylic acids is 5. The molecule has 0 bridgehead atoms. The minimum atomic E-state index is -1.03. The van der Waals surface area contributed by atoms with Gasteiger partial charge in [0, 0.05) is 19.5 Å². The first-order valence-electron chi connectivity index (χ1n) is 18.6. The Morgan fingerprint density at radius 1 is 0.692 bits per heavy atom. The van der Waals surface area contributed by atoms with Crippen LogP contribution in [0.15, 0.2) is 60.7 Å². The first-order chi connectivity index (χ1) is 24.8. The minimum Gasteiger partial charge on any atom is -0.379 e. The average Bonchev–Trinajstić information content (AvgIpc) is 3.87. The molecule has 12 nitrogen and oxygen atoms in total. The summed E-state index contributed by atoms with van der Waals surface area (Å²) in [5.74, 6) is -1.83. The van der Waals surface area contributed by atoms with Gasteiger partial charge in [0.1, 0.15) is 23.7 Å². The number of hydrogen-bond donors (Lipinski definition) is 4. The number of epoxide rings is 1. The third-order valence-electron chi connectivity index (χ3n) is 9.38. The van der Waals surface area contributed by atoms with Gasteiger partial charge in [-0.15, -0.1) is 0 Å². The van der Waals surface area contributed by atoms with Crippen LogP contribution in [-0.2, 0) is 46.3 Å². The van der Waals surface area contributed by atoms with Gasteiger partial charge in [-0.3, -0.25) is 28.9 Å². The molecule has 2 heterocycles. The first kappa shape index (κ1) is 40.6. The molecule has 0 aliphatic carbocycles. The van der Waals surface area contributed by atoms with Crippen LogP contribution in [0.2, 0.25) is 0 Å². The SMILES string of the molecule is CC(C)C[C@@H](NC(=O)[C@@H](CCc1ccccc1)NC(=O)CN1CCOCC1)C(=O)N[C@@H](Cc1ccccc1)C(=O)N[C@H](CC(C)C)C(=O)[C@]1(C)CO1. The van der Waals surface area contributed by atoms with Gasteiger partial charge in [0.2, 0.25) is 23.6 Å². The molecule has 0 saturated carbocycles. The van der Waals surface area contributed by atoms with Crippen LogP contribution >= 0.6 is 0 Å². The quantitative estimate of drug-likeness (QED) is 0.152. The second-order valence-corrected chi connectivity index (χ2v) is 15.0. The van der Waals surface area contributed by atoms with Gasteiger partial charge in [0.05, 0.1) is 32.4 Å². The fraction of sp³-hybridized carbons (Fsp3) is 0.575. The minimum absolute atomic E-state index is 0.0171. The van der Waals surface area contributed by atoms with Crippen molar-refractivity contribution in [2.24, 2.45) is 11.8 Å². The third-order valence-corrected chi connectivity index (χ3v) is 9.38. The Bertz CT molecular complexity index is 1480. The van der Waals surface area contributed by atoms with Crippen molar-refractivity contribution < 1.29 is 33.4 Å². The van der Waals surface area contributed by atoms with Crippen LogP contribution in [0.1, 0.15) is 65.0 Å². The molecule has 4 N–H and O–H groups in total. The molecule has 52 heavy (non-hydrogen) atoms. The molecule has 0 radical (unpaired) electrons. The Hall–Kier alpha value is -4.13. The maximum Gasteiger partial charge on any atom is 0.243 e. The number of carbonyl (C=O) groups is 5. The van der Waals surface area contributed by atoms with E-state index in [2.05, 4.69) is 21.3 Å². The Labute approximate surface area is 308 Å². The van der Waals surface area contributed by atoms with E-state index in [9.17, 15) is 24.0 Å². The van der Waals surface area contributed by atoms with Gasteiger partial charge in [-0.05, 0) is 55.6 Å². The lowest BCUT2D eigenvalue weighted by atomic mass is 9.93. The fourth-order valence-electron chi connectivity index (χ4n) is 6.33. The number of morpholine rings is 1. The third kappa shape index (κ3) is 13.1. The van der Waals surface area contributed by atoms with Crippen molar-refractivity contribution in [2.75, 3.05) is 39.5 Å². The molecule has 284 valence electrons. The fourth-order valence-corrected chi connectivity index (χ4v) is 6.33. The monoisotopic (exact) mass is 719 g/mol. The second-order valence-electron chi connectivity index (χ2n) is 15.0. The topological polar surface area (TPSA) is 158 Å². The van der Waals surface area contributed by atoms with Gasteiger partial charge in [0.15, 0.2) is 5.78 Å². The average molecular weight is 720 g/mol. The highest BCUT2D eigenvalue weighted by Gasteiger charge is 2.50. The molecule has 4 rings (SSSR count). The van der Waals surface area contributed by atoms with Crippen LogP contribution in [0.25, 0.3) is 0 Å². The summed E-state index contributed by atoms with van der Waals surface area (Å²) < 4.78 is 10.8. The van der Waals surface area contributed by atoms with E-state index in [4.69, 9.17) is 9.47 Å².